The first kappa shape index (κ1) is 14.8. The van der Waals surface area contributed by atoms with Crippen LogP contribution in [-0.4, -0.2) is 17.1 Å². The van der Waals surface area contributed by atoms with E-state index in [1.807, 2.05) is 20.8 Å². The summed E-state index contributed by atoms with van der Waals surface area (Å²) in [6.45, 7) is 5.83. The van der Waals surface area contributed by atoms with Gasteiger partial charge in [0.15, 0.2) is 5.76 Å². The highest BCUT2D eigenvalue weighted by Crippen LogP contribution is 2.24. The molecule has 0 spiro atoms. The number of benzene rings is 1. The molecule has 1 amide bonds. The van der Waals surface area contributed by atoms with Crippen molar-refractivity contribution in [1.29, 1.82) is 0 Å². The molecule has 4 nitrogen and oxygen atoms in total. The Kier molecular flexibility index (Phi) is 4.01. The van der Waals surface area contributed by atoms with Crippen LogP contribution in [-0.2, 0) is 12.8 Å². The van der Waals surface area contributed by atoms with E-state index >= 15 is 0 Å². The zero-order valence-electron chi connectivity index (χ0n) is 13.3. The minimum Gasteiger partial charge on any atom is -0.360 e. The van der Waals surface area contributed by atoms with Crippen LogP contribution < -0.4 is 5.32 Å². The number of fused-ring (bicyclic) bond motifs is 1. The number of aryl methyl sites for hydroxylation is 2. The molecule has 4 heteroatoms. The van der Waals surface area contributed by atoms with Gasteiger partial charge in [-0.2, -0.15) is 0 Å². The van der Waals surface area contributed by atoms with Gasteiger partial charge in [-0.05, 0) is 37.3 Å². The first-order valence-electron chi connectivity index (χ1n) is 7.90. The van der Waals surface area contributed by atoms with Crippen molar-refractivity contribution in [3.05, 3.63) is 52.4 Å². The minimum absolute atomic E-state index is 0.0631. The summed E-state index contributed by atoms with van der Waals surface area (Å²) in [5, 5.41) is 7.11. The first-order chi connectivity index (χ1) is 10.6. The zero-order chi connectivity index (χ0) is 15.7. The molecular formula is C18H22N2O2. The number of nitrogens with zero attached hydrogens (tertiary/aromatic N) is 1. The maximum absolute atomic E-state index is 12.6. The Morgan fingerprint density at radius 1 is 1.32 bits per heavy atom. The predicted octanol–water partition coefficient (Wildman–Crippen LogP) is 3.39. The lowest BCUT2D eigenvalue weighted by Crippen LogP contribution is -2.39. The molecule has 1 aliphatic carbocycles. The summed E-state index contributed by atoms with van der Waals surface area (Å²) in [4.78, 5) is 12.6. The summed E-state index contributed by atoms with van der Waals surface area (Å²) in [5.41, 5.74) is 4.01. The third-order valence-corrected chi connectivity index (χ3v) is 4.32. The second-order valence-corrected chi connectivity index (χ2v) is 6.34. The summed E-state index contributed by atoms with van der Waals surface area (Å²) in [6, 6.07) is 8.64. The first-order valence-corrected chi connectivity index (χ1v) is 7.90. The molecule has 0 aliphatic heterocycles. The van der Waals surface area contributed by atoms with Crippen LogP contribution in [0, 0.1) is 6.92 Å². The summed E-state index contributed by atoms with van der Waals surface area (Å²) >= 11 is 0. The molecule has 116 valence electrons. The molecular weight excluding hydrogens is 276 g/mol. The zero-order valence-corrected chi connectivity index (χ0v) is 13.3. The molecule has 22 heavy (non-hydrogen) atoms. The van der Waals surface area contributed by atoms with E-state index in [1.54, 1.807) is 0 Å². The summed E-state index contributed by atoms with van der Waals surface area (Å²) in [7, 11) is 0. The molecule has 0 radical (unpaired) electrons. The predicted molar refractivity (Wildman–Crippen MR) is 85.1 cm³/mol. The molecule has 1 N–H and O–H groups in total. The smallest absolute Gasteiger partial charge is 0.257 e. The van der Waals surface area contributed by atoms with Crippen LogP contribution in [0.2, 0.25) is 0 Å². The normalized spacial score (nSPS) is 17.4. The monoisotopic (exact) mass is 298 g/mol. The van der Waals surface area contributed by atoms with E-state index < -0.39 is 0 Å². The molecule has 1 heterocycles. The van der Waals surface area contributed by atoms with E-state index in [2.05, 4.69) is 34.7 Å². The maximum Gasteiger partial charge on any atom is 0.257 e. The molecule has 0 bridgehead atoms. The van der Waals surface area contributed by atoms with Crippen LogP contribution in [0.15, 0.2) is 28.8 Å². The van der Waals surface area contributed by atoms with Crippen LogP contribution in [0.25, 0.3) is 0 Å². The highest BCUT2D eigenvalue weighted by atomic mass is 16.5. The summed E-state index contributed by atoms with van der Waals surface area (Å²) in [6.07, 6.45) is 2.88. The van der Waals surface area contributed by atoms with Gasteiger partial charge >= 0.3 is 0 Å². The van der Waals surface area contributed by atoms with Gasteiger partial charge in [-0.3, -0.25) is 4.79 Å². The number of carbonyl (C=O) groups is 1. The van der Waals surface area contributed by atoms with E-state index in [0.29, 0.717) is 17.0 Å². The van der Waals surface area contributed by atoms with Gasteiger partial charge in [0.2, 0.25) is 0 Å². The van der Waals surface area contributed by atoms with Gasteiger partial charge in [-0.25, -0.2) is 0 Å². The molecule has 1 aromatic heterocycles. The van der Waals surface area contributed by atoms with Gasteiger partial charge in [-0.1, -0.05) is 43.3 Å². The van der Waals surface area contributed by atoms with E-state index in [4.69, 9.17) is 4.52 Å². The molecule has 2 aromatic rings. The van der Waals surface area contributed by atoms with Crippen LogP contribution in [0.5, 0.6) is 0 Å². The number of aromatic nitrogens is 1. The Morgan fingerprint density at radius 2 is 2.05 bits per heavy atom. The highest BCUT2D eigenvalue weighted by Gasteiger charge is 2.26. The third kappa shape index (κ3) is 2.78. The van der Waals surface area contributed by atoms with Crippen LogP contribution >= 0.6 is 0 Å². The number of rotatable bonds is 3. The van der Waals surface area contributed by atoms with Gasteiger partial charge in [0.05, 0.1) is 5.69 Å². The summed E-state index contributed by atoms with van der Waals surface area (Å²) < 4.78 is 5.31. The number of hydrogen-bond donors (Lipinski definition) is 1. The Balaban J connectivity index is 1.75. The standard InChI is InChI=1S/C18H22N2O2/c1-11(2)17-16(12(3)20-22-17)18(21)19-15-9-8-13-6-4-5-7-14(13)10-15/h4-7,11,15H,8-10H2,1-3H3,(H,19,21). The lowest BCUT2D eigenvalue weighted by molar-refractivity contribution is 0.0930. The molecule has 0 saturated heterocycles. The average molecular weight is 298 g/mol. The minimum atomic E-state index is -0.0631. The lowest BCUT2D eigenvalue weighted by Gasteiger charge is -2.25. The molecule has 1 aliphatic rings. The largest absolute Gasteiger partial charge is 0.360 e. The van der Waals surface area contributed by atoms with Crippen molar-refractivity contribution in [2.45, 2.75) is 52.0 Å². The Morgan fingerprint density at radius 3 is 2.77 bits per heavy atom. The number of hydrogen-bond acceptors (Lipinski definition) is 3. The molecule has 1 atom stereocenters. The highest BCUT2D eigenvalue weighted by molar-refractivity contribution is 5.96. The van der Waals surface area contributed by atoms with Crippen molar-refractivity contribution in [3.8, 4) is 0 Å². The van der Waals surface area contributed by atoms with Gasteiger partial charge in [0.1, 0.15) is 5.56 Å². The van der Waals surface area contributed by atoms with Crippen molar-refractivity contribution in [2.75, 3.05) is 0 Å². The molecule has 3 rings (SSSR count). The fourth-order valence-electron chi connectivity index (χ4n) is 3.14. The number of carbonyl (C=O) groups excluding carboxylic acids is 1. The van der Waals surface area contributed by atoms with Crippen molar-refractivity contribution in [2.24, 2.45) is 0 Å². The van der Waals surface area contributed by atoms with Crippen molar-refractivity contribution < 1.29 is 9.32 Å². The average Bonchev–Trinajstić information content (AvgIpc) is 2.89. The Labute approximate surface area is 130 Å². The maximum atomic E-state index is 12.6. The number of amides is 1. The van der Waals surface area contributed by atoms with Crippen LogP contribution in [0.3, 0.4) is 0 Å². The topological polar surface area (TPSA) is 55.1 Å². The molecule has 0 fully saturated rings. The lowest BCUT2D eigenvalue weighted by atomic mass is 9.88. The van der Waals surface area contributed by atoms with Gasteiger partial charge in [-0.15, -0.1) is 0 Å². The Bertz CT molecular complexity index is 688. The van der Waals surface area contributed by atoms with Crippen LogP contribution in [0.1, 0.15) is 59.1 Å². The van der Waals surface area contributed by atoms with E-state index in [-0.39, 0.29) is 17.9 Å². The fourth-order valence-corrected chi connectivity index (χ4v) is 3.14. The fraction of sp³-hybridized carbons (Fsp3) is 0.444. The van der Waals surface area contributed by atoms with Gasteiger partial charge in [0, 0.05) is 12.0 Å². The molecule has 0 saturated carbocycles. The second-order valence-electron chi connectivity index (χ2n) is 6.34. The molecule has 1 unspecified atom stereocenters. The molecule has 1 aromatic carbocycles. The van der Waals surface area contributed by atoms with Crippen molar-refractivity contribution >= 4 is 5.91 Å². The van der Waals surface area contributed by atoms with E-state index in [0.717, 1.165) is 19.3 Å². The van der Waals surface area contributed by atoms with Gasteiger partial charge in [0.25, 0.3) is 5.91 Å². The SMILES string of the molecule is Cc1noc(C(C)C)c1C(=O)NC1CCc2ccccc2C1. The van der Waals surface area contributed by atoms with Gasteiger partial charge < -0.3 is 9.84 Å². The quantitative estimate of drug-likeness (QED) is 0.945. The van der Waals surface area contributed by atoms with E-state index in [9.17, 15) is 4.79 Å². The van der Waals surface area contributed by atoms with Crippen LogP contribution in [0.4, 0.5) is 0 Å². The van der Waals surface area contributed by atoms with E-state index in [1.165, 1.54) is 11.1 Å². The Hall–Kier alpha value is -2.10. The second kappa shape index (κ2) is 5.95. The third-order valence-electron chi connectivity index (χ3n) is 4.32. The summed E-state index contributed by atoms with van der Waals surface area (Å²) in [5.74, 6) is 0.757. The van der Waals surface area contributed by atoms with Crippen molar-refractivity contribution in [1.82, 2.24) is 10.5 Å². The van der Waals surface area contributed by atoms with Crippen molar-refractivity contribution in [3.63, 3.8) is 0 Å². The number of nitrogens with one attached hydrogen (secondary N) is 1.